The van der Waals surface area contributed by atoms with Crippen LogP contribution in [-0.2, 0) is 19.0 Å². The maximum Gasteiger partial charge on any atom is 0.338 e. The summed E-state index contributed by atoms with van der Waals surface area (Å²) in [4.78, 5) is 23.5. The number of rotatable bonds is 4. The molecule has 23 heavy (non-hydrogen) atoms. The highest BCUT2D eigenvalue weighted by atomic mass is 16.6. The Morgan fingerprint density at radius 1 is 1.22 bits per heavy atom. The zero-order valence-corrected chi connectivity index (χ0v) is 14.1. The van der Waals surface area contributed by atoms with E-state index in [0.29, 0.717) is 12.0 Å². The topological polar surface area (TPSA) is 61.8 Å². The van der Waals surface area contributed by atoms with Gasteiger partial charge in [0.15, 0.2) is 0 Å². The number of esters is 2. The Bertz CT molecular complexity index is 566. The second kappa shape index (κ2) is 6.71. The minimum Gasteiger partial charge on any atom is -0.463 e. The molecule has 1 aliphatic rings. The molecule has 0 bridgehead atoms. The SMILES string of the molecule is CC(=O)OC[C@@]1(C)OC(C)(C)CC[C@@H]1OC(=O)c1ccccc1. The fourth-order valence-electron chi connectivity index (χ4n) is 2.85. The molecule has 1 fully saturated rings. The molecule has 0 spiro atoms. The molecule has 2 atom stereocenters. The van der Waals surface area contributed by atoms with Crippen LogP contribution in [0, 0.1) is 0 Å². The summed E-state index contributed by atoms with van der Waals surface area (Å²) in [7, 11) is 0. The van der Waals surface area contributed by atoms with E-state index >= 15 is 0 Å². The van der Waals surface area contributed by atoms with Crippen molar-refractivity contribution >= 4 is 11.9 Å². The van der Waals surface area contributed by atoms with Crippen LogP contribution >= 0.6 is 0 Å². The normalized spacial score (nSPS) is 26.3. The molecule has 0 N–H and O–H groups in total. The van der Waals surface area contributed by atoms with Crippen LogP contribution < -0.4 is 0 Å². The monoisotopic (exact) mass is 320 g/mol. The summed E-state index contributed by atoms with van der Waals surface area (Å²) < 4.78 is 16.9. The third kappa shape index (κ3) is 4.55. The molecule has 5 heteroatoms. The Balaban J connectivity index is 2.13. The van der Waals surface area contributed by atoms with Crippen molar-refractivity contribution in [3.63, 3.8) is 0 Å². The van der Waals surface area contributed by atoms with Crippen molar-refractivity contribution in [2.45, 2.75) is 57.8 Å². The van der Waals surface area contributed by atoms with Gasteiger partial charge in [-0.05, 0) is 45.7 Å². The molecular formula is C18H24O5. The Kier molecular flexibility index (Phi) is 5.09. The van der Waals surface area contributed by atoms with E-state index in [1.807, 2.05) is 26.8 Å². The molecule has 0 unspecified atom stereocenters. The third-order valence-corrected chi connectivity index (χ3v) is 4.02. The molecule has 1 heterocycles. The van der Waals surface area contributed by atoms with Crippen LogP contribution in [0.15, 0.2) is 30.3 Å². The van der Waals surface area contributed by atoms with Gasteiger partial charge in [0.1, 0.15) is 18.3 Å². The first-order chi connectivity index (χ1) is 10.7. The average Bonchev–Trinajstić information content (AvgIpc) is 2.48. The standard InChI is InChI=1S/C18H24O5/c1-13(19)21-12-18(4)15(10-11-17(2,3)23-18)22-16(20)14-8-6-5-7-9-14/h5-9,15H,10-12H2,1-4H3/t15-,18+/m0/s1. The molecule has 1 saturated heterocycles. The molecule has 5 nitrogen and oxygen atoms in total. The summed E-state index contributed by atoms with van der Waals surface area (Å²) >= 11 is 0. The summed E-state index contributed by atoms with van der Waals surface area (Å²) in [6.45, 7) is 7.18. The molecule has 0 saturated carbocycles. The van der Waals surface area contributed by atoms with Crippen LogP contribution in [0.3, 0.4) is 0 Å². The molecule has 1 aromatic rings. The lowest BCUT2D eigenvalue weighted by atomic mass is 9.85. The van der Waals surface area contributed by atoms with Crippen molar-refractivity contribution in [3.05, 3.63) is 35.9 Å². The zero-order valence-electron chi connectivity index (χ0n) is 14.1. The van der Waals surface area contributed by atoms with Gasteiger partial charge >= 0.3 is 11.9 Å². The summed E-state index contributed by atoms with van der Waals surface area (Å²) in [6.07, 6.45) is 0.946. The summed E-state index contributed by atoms with van der Waals surface area (Å²) in [6, 6.07) is 8.83. The molecule has 2 rings (SSSR count). The molecule has 126 valence electrons. The number of carbonyl (C=O) groups excluding carboxylic acids is 2. The molecule has 0 radical (unpaired) electrons. The predicted octanol–water partition coefficient (Wildman–Crippen LogP) is 3.12. The Labute approximate surface area is 136 Å². The minimum atomic E-state index is -0.863. The van der Waals surface area contributed by atoms with E-state index in [1.54, 1.807) is 24.3 Å². The quantitative estimate of drug-likeness (QED) is 0.798. The molecule has 0 aliphatic carbocycles. The Hall–Kier alpha value is -1.88. The molecule has 1 aromatic carbocycles. The first-order valence-electron chi connectivity index (χ1n) is 7.81. The number of hydrogen-bond donors (Lipinski definition) is 0. The lowest BCUT2D eigenvalue weighted by Crippen LogP contribution is -2.57. The molecular weight excluding hydrogens is 296 g/mol. The van der Waals surface area contributed by atoms with Crippen LogP contribution in [0.1, 0.15) is 50.9 Å². The maximum absolute atomic E-state index is 12.3. The van der Waals surface area contributed by atoms with Gasteiger partial charge in [-0.1, -0.05) is 18.2 Å². The van der Waals surface area contributed by atoms with E-state index in [-0.39, 0.29) is 18.2 Å². The van der Waals surface area contributed by atoms with Gasteiger partial charge in [0.05, 0.1) is 11.2 Å². The molecule has 0 amide bonds. The van der Waals surface area contributed by atoms with Crippen molar-refractivity contribution in [2.24, 2.45) is 0 Å². The fourth-order valence-corrected chi connectivity index (χ4v) is 2.85. The Morgan fingerprint density at radius 3 is 2.48 bits per heavy atom. The van der Waals surface area contributed by atoms with Gasteiger partial charge in [-0.25, -0.2) is 4.79 Å². The maximum atomic E-state index is 12.3. The first-order valence-corrected chi connectivity index (χ1v) is 7.81. The lowest BCUT2D eigenvalue weighted by Gasteiger charge is -2.47. The van der Waals surface area contributed by atoms with Crippen LogP contribution in [-0.4, -0.2) is 35.9 Å². The number of benzene rings is 1. The Morgan fingerprint density at radius 2 is 1.87 bits per heavy atom. The largest absolute Gasteiger partial charge is 0.463 e. The van der Waals surface area contributed by atoms with Crippen LogP contribution in [0.2, 0.25) is 0 Å². The van der Waals surface area contributed by atoms with Crippen molar-refractivity contribution in [1.82, 2.24) is 0 Å². The van der Waals surface area contributed by atoms with Gasteiger partial charge in [0.25, 0.3) is 0 Å². The average molecular weight is 320 g/mol. The van der Waals surface area contributed by atoms with Gasteiger partial charge in [-0.15, -0.1) is 0 Å². The van der Waals surface area contributed by atoms with Gasteiger partial charge in [0, 0.05) is 6.92 Å². The van der Waals surface area contributed by atoms with Crippen LogP contribution in [0.4, 0.5) is 0 Å². The third-order valence-electron chi connectivity index (χ3n) is 4.02. The van der Waals surface area contributed by atoms with E-state index in [9.17, 15) is 9.59 Å². The van der Waals surface area contributed by atoms with E-state index < -0.39 is 17.7 Å². The molecule has 0 aromatic heterocycles. The fraction of sp³-hybridized carbons (Fsp3) is 0.556. The minimum absolute atomic E-state index is 0.0541. The summed E-state index contributed by atoms with van der Waals surface area (Å²) in [5, 5.41) is 0. The van der Waals surface area contributed by atoms with Crippen molar-refractivity contribution in [2.75, 3.05) is 6.61 Å². The van der Waals surface area contributed by atoms with Crippen molar-refractivity contribution in [1.29, 1.82) is 0 Å². The van der Waals surface area contributed by atoms with E-state index in [4.69, 9.17) is 14.2 Å². The number of hydrogen-bond acceptors (Lipinski definition) is 5. The van der Waals surface area contributed by atoms with Gasteiger partial charge in [-0.2, -0.15) is 0 Å². The highest BCUT2D eigenvalue weighted by molar-refractivity contribution is 5.89. The van der Waals surface area contributed by atoms with Crippen molar-refractivity contribution in [3.8, 4) is 0 Å². The first kappa shape index (κ1) is 17.5. The second-order valence-electron chi connectivity index (χ2n) is 6.75. The predicted molar refractivity (Wildman–Crippen MR) is 85.1 cm³/mol. The highest BCUT2D eigenvalue weighted by Gasteiger charge is 2.47. The van der Waals surface area contributed by atoms with E-state index in [0.717, 1.165) is 6.42 Å². The zero-order chi connectivity index (χ0) is 17.1. The van der Waals surface area contributed by atoms with Crippen LogP contribution in [0.25, 0.3) is 0 Å². The van der Waals surface area contributed by atoms with Gasteiger partial charge in [0.2, 0.25) is 0 Å². The highest BCUT2D eigenvalue weighted by Crippen LogP contribution is 2.37. The van der Waals surface area contributed by atoms with Crippen molar-refractivity contribution < 1.29 is 23.8 Å². The van der Waals surface area contributed by atoms with Crippen LogP contribution in [0.5, 0.6) is 0 Å². The lowest BCUT2D eigenvalue weighted by molar-refractivity contribution is -0.233. The smallest absolute Gasteiger partial charge is 0.338 e. The van der Waals surface area contributed by atoms with E-state index in [1.165, 1.54) is 6.92 Å². The second-order valence-corrected chi connectivity index (χ2v) is 6.75. The summed E-state index contributed by atoms with van der Waals surface area (Å²) in [5.74, 6) is -0.778. The summed E-state index contributed by atoms with van der Waals surface area (Å²) in [5.41, 5.74) is -0.727. The van der Waals surface area contributed by atoms with E-state index in [2.05, 4.69) is 0 Å². The number of ether oxygens (including phenoxy) is 3. The number of carbonyl (C=O) groups is 2. The molecule has 1 aliphatic heterocycles. The van der Waals surface area contributed by atoms with Gasteiger partial charge in [-0.3, -0.25) is 4.79 Å². The van der Waals surface area contributed by atoms with Gasteiger partial charge < -0.3 is 14.2 Å².